The molecule has 4 atom stereocenters. The molecule has 0 bridgehead atoms. The highest BCUT2D eigenvalue weighted by Gasteiger charge is 2.63. The summed E-state index contributed by atoms with van der Waals surface area (Å²) >= 11 is 0. The minimum Gasteiger partial charge on any atom is -0.392 e. The molecule has 2 N–H and O–H groups in total. The molecule has 2 saturated carbocycles. The van der Waals surface area contributed by atoms with Gasteiger partial charge in [0.05, 0.1) is 11.7 Å². The molecule has 3 aliphatic rings. The van der Waals surface area contributed by atoms with Crippen molar-refractivity contribution in [2.75, 3.05) is 0 Å². The van der Waals surface area contributed by atoms with Gasteiger partial charge in [-0.3, -0.25) is 0 Å². The third kappa shape index (κ3) is 1.18. The van der Waals surface area contributed by atoms with Crippen LogP contribution in [0.4, 0.5) is 0 Å². The van der Waals surface area contributed by atoms with Crippen molar-refractivity contribution in [3.8, 4) is 0 Å². The lowest BCUT2D eigenvalue weighted by Gasteiger charge is -2.60. The molecule has 0 radical (unpaired) electrons. The fraction of sp³-hybridized carbons (Fsp3) is 0.867. The van der Waals surface area contributed by atoms with E-state index in [-0.39, 0.29) is 22.9 Å². The maximum absolute atomic E-state index is 10.8. The van der Waals surface area contributed by atoms with Crippen molar-refractivity contribution in [1.82, 2.24) is 0 Å². The van der Waals surface area contributed by atoms with Crippen LogP contribution in [0.1, 0.15) is 53.4 Å². The van der Waals surface area contributed by atoms with Crippen molar-refractivity contribution in [2.24, 2.45) is 16.7 Å². The second kappa shape index (κ2) is 2.97. The number of aliphatic hydroxyl groups is 2. The van der Waals surface area contributed by atoms with E-state index in [0.717, 1.165) is 25.7 Å². The molecule has 3 rings (SSSR count). The SMILES string of the molecule is CC1=C2CC(C)(C)[C@H](O)C2C[C@]2(C)CC[C@]12O. The summed E-state index contributed by atoms with van der Waals surface area (Å²) in [6.07, 6.45) is 3.67. The smallest absolute Gasteiger partial charge is 0.0910 e. The molecular formula is C15H24O2. The molecule has 0 heterocycles. The quantitative estimate of drug-likeness (QED) is 0.635. The molecule has 2 nitrogen and oxygen atoms in total. The third-order valence-corrected chi connectivity index (χ3v) is 6.08. The molecule has 1 unspecified atom stereocenters. The highest BCUT2D eigenvalue weighted by atomic mass is 16.3. The molecule has 0 spiro atoms. The maximum Gasteiger partial charge on any atom is 0.0910 e. The van der Waals surface area contributed by atoms with Crippen molar-refractivity contribution in [3.63, 3.8) is 0 Å². The van der Waals surface area contributed by atoms with Crippen molar-refractivity contribution in [2.45, 2.75) is 65.1 Å². The Bertz CT molecular complexity index is 409. The minimum atomic E-state index is -0.570. The lowest BCUT2D eigenvalue weighted by molar-refractivity contribution is -0.152. The zero-order valence-electron chi connectivity index (χ0n) is 11.4. The van der Waals surface area contributed by atoms with Gasteiger partial charge in [-0.15, -0.1) is 0 Å². The Kier molecular flexibility index (Phi) is 2.05. The summed E-state index contributed by atoms with van der Waals surface area (Å²) in [4.78, 5) is 0. The van der Waals surface area contributed by atoms with Gasteiger partial charge >= 0.3 is 0 Å². The molecule has 2 fully saturated rings. The molecule has 0 aromatic heterocycles. The van der Waals surface area contributed by atoms with Crippen molar-refractivity contribution < 1.29 is 10.2 Å². The average Bonchev–Trinajstić information content (AvgIpc) is 2.48. The van der Waals surface area contributed by atoms with Gasteiger partial charge in [-0.25, -0.2) is 0 Å². The van der Waals surface area contributed by atoms with E-state index in [9.17, 15) is 10.2 Å². The topological polar surface area (TPSA) is 40.5 Å². The first-order valence-electron chi connectivity index (χ1n) is 6.82. The summed E-state index contributed by atoms with van der Waals surface area (Å²) in [6.45, 7) is 8.57. The summed E-state index contributed by atoms with van der Waals surface area (Å²) in [5.74, 6) is 0.288. The summed E-state index contributed by atoms with van der Waals surface area (Å²) in [6, 6.07) is 0. The van der Waals surface area contributed by atoms with E-state index >= 15 is 0 Å². The lowest BCUT2D eigenvalue weighted by Crippen LogP contribution is -2.60. The second-order valence-electron chi connectivity index (χ2n) is 7.49. The van der Waals surface area contributed by atoms with E-state index < -0.39 is 5.60 Å². The number of fused-ring (bicyclic) bond motifs is 2. The fourth-order valence-electron chi connectivity index (χ4n) is 4.56. The standard InChI is InChI=1S/C15H24O2/c1-9-10-7-13(2,3)12(16)11(10)8-14(4)5-6-15(9,14)17/h11-12,16-17H,5-8H2,1-4H3/t11?,12-,14+,15+/m1/s1. The Hall–Kier alpha value is -0.340. The van der Waals surface area contributed by atoms with E-state index in [0.29, 0.717) is 0 Å². The molecular weight excluding hydrogens is 212 g/mol. The largest absolute Gasteiger partial charge is 0.392 e. The summed E-state index contributed by atoms with van der Waals surface area (Å²) in [5.41, 5.74) is 1.93. The molecule has 3 aliphatic carbocycles. The normalized spacial score (nSPS) is 51.9. The first kappa shape index (κ1) is 11.7. The van der Waals surface area contributed by atoms with Gasteiger partial charge in [0, 0.05) is 11.3 Å². The van der Waals surface area contributed by atoms with Gasteiger partial charge in [0.15, 0.2) is 0 Å². The molecule has 96 valence electrons. The lowest BCUT2D eigenvalue weighted by atomic mass is 9.48. The Morgan fingerprint density at radius 3 is 2.35 bits per heavy atom. The number of rotatable bonds is 0. The summed E-state index contributed by atoms with van der Waals surface area (Å²) in [7, 11) is 0. The molecule has 0 aliphatic heterocycles. The predicted molar refractivity (Wildman–Crippen MR) is 67.5 cm³/mol. The minimum absolute atomic E-state index is 0.00660. The number of hydrogen-bond acceptors (Lipinski definition) is 2. The van der Waals surface area contributed by atoms with Gasteiger partial charge < -0.3 is 10.2 Å². The monoisotopic (exact) mass is 236 g/mol. The van der Waals surface area contributed by atoms with E-state index in [1.165, 1.54) is 11.1 Å². The first-order valence-corrected chi connectivity index (χ1v) is 6.82. The Labute approximate surface area is 104 Å². The van der Waals surface area contributed by atoms with Crippen LogP contribution < -0.4 is 0 Å². The van der Waals surface area contributed by atoms with Gasteiger partial charge in [0.25, 0.3) is 0 Å². The van der Waals surface area contributed by atoms with Crippen LogP contribution in [0.3, 0.4) is 0 Å². The Morgan fingerprint density at radius 2 is 1.82 bits per heavy atom. The highest BCUT2D eigenvalue weighted by Crippen LogP contribution is 2.65. The molecule has 0 aromatic rings. The predicted octanol–water partition coefficient (Wildman–Crippen LogP) is 2.64. The van der Waals surface area contributed by atoms with E-state index in [1.807, 2.05) is 0 Å². The third-order valence-electron chi connectivity index (χ3n) is 6.08. The fourth-order valence-corrected chi connectivity index (χ4v) is 4.56. The average molecular weight is 236 g/mol. The van der Waals surface area contributed by atoms with Crippen molar-refractivity contribution in [3.05, 3.63) is 11.1 Å². The van der Waals surface area contributed by atoms with Crippen LogP contribution in [-0.4, -0.2) is 21.9 Å². The van der Waals surface area contributed by atoms with Gasteiger partial charge in [-0.05, 0) is 43.6 Å². The Morgan fingerprint density at radius 1 is 1.18 bits per heavy atom. The van der Waals surface area contributed by atoms with E-state index in [4.69, 9.17) is 0 Å². The molecule has 17 heavy (non-hydrogen) atoms. The van der Waals surface area contributed by atoms with Crippen LogP contribution in [0.5, 0.6) is 0 Å². The van der Waals surface area contributed by atoms with Gasteiger partial charge in [0.2, 0.25) is 0 Å². The molecule has 0 amide bonds. The summed E-state index contributed by atoms with van der Waals surface area (Å²) in [5, 5.41) is 21.3. The van der Waals surface area contributed by atoms with Gasteiger partial charge in [0.1, 0.15) is 0 Å². The van der Waals surface area contributed by atoms with Gasteiger partial charge in [-0.2, -0.15) is 0 Å². The molecule has 2 heteroatoms. The zero-order chi connectivity index (χ0) is 12.6. The number of aliphatic hydroxyl groups excluding tert-OH is 1. The zero-order valence-corrected chi connectivity index (χ0v) is 11.4. The van der Waals surface area contributed by atoms with Crippen LogP contribution >= 0.6 is 0 Å². The molecule has 0 aromatic carbocycles. The Balaban J connectivity index is 2.09. The molecule has 0 saturated heterocycles. The maximum atomic E-state index is 10.8. The van der Waals surface area contributed by atoms with Crippen LogP contribution in [0.25, 0.3) is 0 Å². The van der Waals surface area contributed by atoms with Crippen LogP contribution in [-0.2, 0) is 0 Å². The second-order valence-corrected chi connectivity index (χ2v) is 7.49. The van der Waals surface area contributed by atoms with E-state index in [2.05, 4.69) is 27.7 Å². The van der Waals surface area contributed by atoms with Gasteiger partial charge in [-0.1, -0.05) is 26.3 Å². The van der Waals surface area contributed by atoms with Crippen molar-refractivity contribution >= 4 is 0 Å². The number of hydrogen-bond donors (Lipinski definition) is 2. The van der Waals surface area contributed by atoms with Crippen LogP contribution in [0, 0.1) is 16.7 Å². The first-order chi connectivity index (χ1) is 7.71. The van der Waals surface area contributed by atoms with Crippen LogP contribution in [0.2, 0.25) is 0 Å². The highest BCUT2D eigenvalue weighted by molar-refractivity contribution is 5.39. The van der Waals surface area contributed by atoms with E-state index in [1.54, 1.807) is 0 Å². The summed E-state index contributed by atoms with van der Waals surface area (Å²) < 4.78 is 0. The van der Waals surface area contributed by atoms with Crippen molar-refractivity contribution in [1.29, 1.82) is 0 Å². The van der Waals surface area contributed by atoms with Crippen LogP contribution in [0.15, 0.2) is 11.1 Å².